The number of hydrogen-bond donors (Lipinski definition) is 2. The van der Waals surface area contributed by atoms with E-state index in [4.69, 9.17) is 16.7 Å². The number of hydrogen-bond acceptors (Lipinski definition) is 4. The summed E-state index contributed by atoms with van der Waals surface area (Å²) in [6.45, 7) is -0.911. The van der Waals surface area contributed by atoms with Crippen LogP contribution in [-0.4, -0.2) is 24.9 Å². The molecule has 9 heteroatoms. The van der Waals surface area contributed by atoms with Gasteiger partial charge in [-0.2, -0.15) is 18.4 Å². The fourth-order valence-electron chi connectivity index (χ4n) is 1.68. The van der Waals surface area contributed by atoms with E-state index in [9.17, 15) is 22.8 Å². The summed E-state index contributed by atoms with van der Waals surface area (Å²) in [6.07, 6.45) is -4.61. The third-order valence-corrected chi connectivity index (χ3v) is 2.48. The van der Waals surface area contributed by atoms with Crippen molar-refractivity contribution in [1.29, 1.82) is 5.26 Å². The highest BCUT2D eigenvalue weighted by Gasteiger charge is 2.31. The number of nitrogens with two attached hydrogens (primary N) is 2. The summed E-state index contributed by atoms with van der Waals surface area (Å²) in [7, 11) is 0. The number of benzene rings is 1. The topological polar surface area (TPSA) is 113 Å². The number of alkyl halides is 3. The molecule has 0 aromatic heterocycles. The van der Waals surface area contributed by atoms with Gasteiger partial charge in [-0.1, -0.05) is 0 Å². The Morgan fingerprint density at radius 1 is 1.19 bits per heavy atom. The number of halogens is 3. The van der Waals surface area contributed by atoms with E-state index < -0.39 is 36.6 Å². The van der Waals surface area contributed by atoms with E-state index in [1.807, 2.05) is 0 Å². The van der Waals surface area contributed by atoms with Gasteiger partial charge in [0.1, 0.15) is 6.07 Å². The fourth-order valence-corrected chi connectivity index (χ4v) is 1.68. The van der Waals surface area contributed by atoms with Crippen molar-refractivity contribution in [3.05, 3.63) is 29.3 Å². The Hall–Kier alpha value is -2.76. The Bertz CT molecular complexity index is 592. The van der Waals surface area contributed by atoms with E-state index in [1.165, 1.54) is 0 Å². The van der Waals surface area contributed by atoms with Crippen molar-refractivity contribution in [3.8, 4) is 6.07 Å². The molecule has 0 radical (unpaired) electrons. The lowest BCUT2D eigenvalue weighted by Gasteiger charge is -2.23. The van der Waals surface area contributed by atoms with Crippen LogP contribution in [0.15, 0.2) is 18.2 Å². The summed E-state index contributed by atoms with van der Waals surface area (Å²) in [5, 5.41) is 8.95. The predicted octanol–water partition coefficient (Wildman–Crippen LogP) is 0.354. The van der Waals surface area contributed by atoms with E-state index in [1.54, 1.807) is 6.07 Å². The number of carbonyl (C=O) groups excluding carboxylic acids is 2. The van der Waals surface area contributed by atoms with Gasteiger partial charge in [-0.25, -0.2) is 0 Å². The van der Waals surface area contributed by atoms with Crippen LogP contribution < -0.4 is 16.4 Å². The predicted molar refractivity (Wildman–Crippen MR) is 66.8 cm³/mol. The van der Waals surface area contributed by atoms with Gasteiger partial charge in [-0.05, 0) is 18.2 Å². The van der Waals surface area contributed by atoms with E-state index in [0.29, 0.717) is 6.07 Å². The Morgan fingerprint density at radius 3 is 2.10 bits per heavy atom. The highest BCUT2D eigenvalue weighted by atomic mass is 19.4. The second kappa shape index (κ2) is 6.13. The third kappa shape index (κ3) is 4.38. The molecule has 0 atom stereocenters. The van der Waals surface area contributed by atoms with Crippen molar-refractivity contribution in [2.24, 2.45) is 11.5 Å². The molecule has 0 saturated heterocycles. The average Bonchev–Trinajstić information content (AvgIpc) is 2.35. The van der Waals surface area contributed by atoms with Gasteiger partial charge in [0, 0.05) is 0 Å². The molecular weight excluding hydrogens is 289 g/mol. The van der Waals surface area contributed by atoms with Crippen LogP contribution in [0.4, 0.5) is 18.9 Å². The van der Waals surface area contributed by atoms with E-state index >= 15 is 0 Å². The van der Waals surface area contributed by atoms with Crippen molar-refractivity contribution in [3.63, 3.8) is 0 Å². The molecule has 0 saturated carbocycles. The molecule has 0 unspecified atom stereocenters. The smallest absolute Gasteiger partial charge is 0.368 e. The molecule has 0 heterocycles. The van der Waals surface area contributed by atoms with Crippen molar-refractivity contribution >= 4 is 17.5 Å². The van der Waals surface area contributed by atoms with Crippen LogP contribution in [0.1, 0.15) is 11.1 Å². The zero-order valence-corrected chi connectivity index (χ0v) is 10.6. The van der Waals surface area contributed by atoms with Crippen LogP contribution in [0.2, 0.25) is 0 Å². The minimum absolute atomic E-state index is 0.0249. The molecule has 1 aromatic rings. The molecule has 112 valence electrons. The number of primary amides is 2. The van der Waals surface area contributed by atoms with Crippen LogP contribution in [0.5, 0.6) is 0 Å². The molecule has 21 heavy (non-hydrogen) atoms. The first kappa shape index (κ1) is 16.3. The Kier molecular flexibility index (Phi) is 4.75. The quantitative estimate of drug-likeness (QED) is 0.817. The summed E-state index contributed by atoms with van der Waals surface area (Å²) in [5.41, 5.74) is 8.62. The van der Waals surface area contributed by atoms with Gasteiger partial charge in [0.05, 0.1) is 29.9 Å². The molecule has 6 nitrogen and oxygen atoms in total. The first-order valence-corrected chi connectivity index (χ1v) is 5.58. The highest BCUT2D eigenvalue weighted by molar-refractivity contribution is 5.85. The van der Waals surface area contributed by atoms with Gasteiger partial charge in [0.25, 0.3) is 0 Å². The fraction of sp³-hybridized carbons (Fsp3) is 0.250. The maximum absolute atomic E-state index is 12.6. The SMILES string of the molecule is N#Cc1cc(C(F)(F)F)ccc1N(CC(N)=O)CC(N)=O. The van der Waals surface area contributed by atoms with Gasteiger partial charge >= 0.3 is 6.18 Å². The molecule has 2 amide bonds. The lowest BCUT2D eigenvalue weighted by molar-refractivity contribution is -0.137. The van der Waals surface area contributed by atoms with Crippen LogP contribution in [0.25, 0.3) is 0 Å². The Labute approximate surface area is 117 Å². The number of anilines is 1. The van der Waals surface area contributed by atoms with E-state index in [2.05, 4.69) is 0 Å². The summed E-state index contributed by atoms with van der Waals surface area (Å²) in [5.74, 6) is -1.64. The number of nitriles is 1. The Balaban J connectivity index is 3.28. The summed E-state index contributed by atoms with van der Waals surface area (Å²) >= 11 is 0. The van der Waals surface area contributed by atoms with Gasteiger partial charge in [0.15, 0.2) is 0 Å². The third-order valence-electron chi connectivity index (χ3n) is 2.48. The number of carbonyl (C=O) groups is 2. The van der Waals surface area contributed by atoms with Gasteiger partial charge < -0.3 is 16.4 Å². The number of nitrogens with zero attached hydrogens (tertiary/aromatic N) is 2. The molecule has 4 N–H and O–H groups in total. The average molecular weight is 300 g/mol. The summed E-state index contributed by atoms with van der Waals surface area (Å²) in [4.78, 5) is 23.0. The van der Waals surface area contributed by atoms with Crippen LogP contribution in [0.3, 0.4) is 0 Å². The first-order valence-electron chi connectivity index (χ1n) is 5.58. The second-order valence-electron chi connectivity index (χ2n) is 4.13. The molecular formula is C12H11F3N4O2. The van der Waals surface area contributed by atoms with Crippen molar-refractivity contribution in [1.82, 2.24) is 0 Å². The summed E-state index contributed by atoms with van der Waals surface area (Å²) in [6, 6.07) is 3.95. The molecule has 1 aromatic carbocycles. The molecule has 0 aliphatic carbocycles. The Morgan fingerprint density at radius 2 is 1.71 bits per heavy atom. The standard InChI is InChI=1S/C12H11F3N4O2/c13-12(14,15)8-1-2-9(7(3-8)4-16)19(5-10(17)20)6-11(18)21/h1-3H,5-6H2,(H2,17,20)(H2,18,21). The van der Waals surface area contributed by atoms with Crippen molar-refractivity contribution < 1.29 is 22.8 Å². The second-order valence-corrected chi connectivity index (χ2v) is 4.13. The maximum Gasteiger partial charge on any atom is 0.416 e. The molecule has 1 rings (SSSR count). The van der Waals surface area contributed by atoms with Crippen LogP contribution in [0, 0.1) is 11.3 Å². The molecule has 0 fully saturated rings. The molecule has 0 aliphatic heterocycles. The molecule has 0 bridgehead atoms. The van der Waals surface area contributed by atoms with Crippen LogP contribution >= 0.6 is 0 Å². The maximum atomic E-state index is 12.6. The zero-order valence-electron chi connectivity index (χ0n) is 10.6. The number of amides is 2. The van der Waals surface area contributed by atoms with Gasteiger partial charge in [-0.3, -0.25) is 9.59 Å². The lowest BCUT2D eigenvalue weighted by atomic mass is 10.1. The largest absolute Gasteiger partial charge is 0.416 e. The minimum atomic E-state index is -4.61. The molecule has 0 spiro atoms. The van der Waals surface area contributed by atoms with Crippen LogP contribution in [-0.2, 0) is 15.8 Å². The van der Waals surface area contributed by atoms with E-state index in [-0.39, 0.29) is 11.3 Å². The van der Waals surface area contributed by atoms with Gasteiger partial charge in [0.2, 0.25) is 11.8 Å². The lowest BCUT2D eigenvalue weighted by Crippen LogP contribution is -2.40. The normalized spacial score (nSPS) is 10.8. The summed E-state index contributed by atoms with van der Waals surface area (Å²) < 4.78 is 37.8. The van der Waals surface area contributed by atoms with Crippen molar-refractivity contribution in [2.45, 2.75) is 6.18 Å². The minimum Gasteiger partial charge on any atom is -0.368 e. The monoisotopic (exact) mass is 300 g/mol. The van der Waals surface area contributed by atoms with Crippen molar-refractivity contribution in [2.75, 3.05) is 18.0 Å². The van der Waals surface area contributed by atoms with E-state index in [0.717, 1.165) is 17.0 Å². The zero-order chi connectivity index (χ0) is 16.2. The van der Waals surface area contributed by atoms with Gasteiger partial charge in [-0.15, -0.1) is 0 Å². The number of rotatable bonds is 5. The molecule has 0 aliphatic rings. The first-order chi connectivity index (χ1) is 9.65. The highest BCUT2D eigenvalue weighted by Crippen LogP contribution is 2.32.